The first-order valence-corrected chi connectivity index (χ1v) is 29.2. The monoisotopic (exact) mass is 1160 g/mol. The quantitative estimate of drug-likeness (QED) is 0.0410. The van der Waals surface area contributed by atoms with Crippen molar-refractivity contribution in [2.75, 3.05) is 66.4 Å². The van der Waals surface area contributed by atoms with Crippen LogP contribution in [-0.4, -0.2) is 182 Å². The van der Waals surface area contributed by atoms with Crippen LogP contribution in [0.2, 0.25) is 0 Å². The van der Waals surface area contributed by atoms with Crippen molar-refractivity contribution in [2.24, 2.45) is 23.7 Å². The standard InChI is InChI=1S/C61H93N9O13/c1-13-40(6)55(47(81-11)34-51(74)69-33-21-24-46(69)57(82-12)41(7)58(77)65-42(8)56(76)44-22-17-16-18-23-44)67(9)52(75)36-64-60(79)54(39(4)5)68(10)61(80)83-37-43-25-27-45(28-26-43)66-48(71)35-63-59(78)53(38(2)3)62-31-19-14-15-20-32-70-49(72)29-30-50(70)73/h16-18,22-23,25-30,38-42,46-47,53-57,62,76H,13-15,19-21,24,31-37H2,1-12H3,(H,63,78)(H,64,79)(H,65,77)(H,66,71)/t40-,41+,42+,46-,47+,53?,54?,55-,56+,57+/m0/s1. The summed E-state index contributed by atoms with van der Waals surface area (Å²) in [5.74, 6) is -4.07. The van der Waals surface area contributed by atoms with Gasteiger partial charge in [0.2, 0.25) is 35.4 Å². The lowest BCUT2D eigenvalue weighted by atomic mass is 9.90. The van der Waals surface area contributed by atoms with Crippen LogP contribution in [0.25, 0.3) is 0 Å². The van der Waals surface area contributed by atoms with E-state index in [0.717, 1.165) is 19.3 Å². The van der Waals surface area contributed by atoms with E-state index in [-0.39, 0.29) is 66.9 Å². The van der Waals surface area contributed by atoms with Crippen LogP contribution in [0.1, 0.15) is 124 Å². The molecule has 0 aliphatic carbocycles. The lowest BCUT2D eigenvalue weighted by Gasteiger charge is -2.39. The van der Waals surface area contributed by atoms with Crippen molar-refractivity contribution in [3.8, 4) is 0 Å². The van der Waals surface area contributed by atoms with Crippen LogP contribution in [0.5, 0.6) is 0 Å². The molecule has 9 amide bonds. The van der Waals surface area contributed by atoms with E-state index in [9.17, 15) is 48.3 Å². The second-order valence-corrected chi connectivity index (χ2v) is 22.6. The van der Waals surface area contributed by atoms with Crippen LogP contribution in [-0.2, 0) is 59.2 Å². The number of imide groups is 1. The number of hydrogen-bond donors (Lipinski definition) is 6. The van der Waals surface area contributed by atoms with Crippen molar-refractivity contribution < 1.29 is 62.5 Å². The maximum Gasteiger partial charge on any atom is 0.410 e. The molecule has 0 spiro atoms. The number of likely N-dealkylation sites (tertiary alicyclic amines) is 1. The Labute approximate surface area is 490 Å². The summed E-state index contributed by atoms with van der Waals surface area (Å²) in [6.45, 7) is 15.4. The number of aliphatic hydroxyl groups is 1. The zero-order valence-corrected chi connectivity index (χ0v) is 50.8. The van der Waals surface area contributed by atoms with Gasteiger partial charge in [0.25, 0.3) is 11.8 Å². The molecule has 22 heteroatoms. The predicted molar refractivity (Wildman–Crippen MR) is 314 cm³/mol. The Balaban J connectivity index is 1.24. The van der Waals surface area contributed by atoms with Crippen LogP contribution in [0.3, 0.4) is 0 Å². The lowest BCUT2D eigenvalue weighted by molar-refractivity contribution is -0.146. The minimum absolute atomic E-state index is 0.0439. The molecule has 2 unspecified atom stereocenters. The number of amides is 9. The highest BCUT2D eigenvalue weighted by Gasteiger charge is 2.43. The van der Waals surface area contributed by atoms with Gasteiger partial charge in [-0.25, -0.2) is 4.79 Å². The number of likely N-dealkylation sites (N-methyl/N-ethyl adjacent to an activating group) is 2. The fraction of sp³-hybridized carbons (Fsp3) is 0.623. The number of aliphatic hydroxyl groups excluding tert-OH is 1. The SMILES string of the molecule is CC[C@H](C)[C@@H]([C@@H](CC(=O)N1CCC[C@H]1[C@H](OC)[C@@H](C)C(=O)N[C@H](C)[C@@H](O)c1ccccc1)OC)N(C)C(=O)CNC(=O)C(C(C)C)N(C)C(=O)OCc1ccc(NC(=O)CNC(=O)C(NCCCCCCN2C(=O)C=CC2=O)C(C)C)cc1. The molecule has 460 valence electrons. The van der Waals surface area contributed by atoms with E-state index in [1.807, 2.05) is 45.9 Å². The maximum atomic E-state index is 14.3. The van der Waals surface area contributed by atoms with E-state index in [2.05, 4.69) is 26.6 Å². The van der Waals surface area contributed by atoms with Crippen molar-refractivity contribution in [3.63, 3.8) is 0 Å². The van der Waals surface area contributed by atoms with E-state index < -0.39 is 84.8 Å². The number of carbonyl (C=O) groups is 9. The first-order chi connectivity index (χ1) is 39.4. The maximum absolute atomic E-state index is 14.3. The highest BCUT2D eigenvalue weighted by Crippen LogP contribution is 2.30. The van der Waals surface area contributed by atoms with E-state index >= 15 is 0 Å². The average molecular weight is 1160 g/mol. The number of benzene rings is 2. The number of methoxy groups -OCH3 is 2. The molecule has 0 bridgehead atoms. The molecule has 2 aliphatic rings. The Hall–Kier alpha value is -6.75. The topological polar surface area (TPSA) is 275 Å². The second-order valence-electron chi connectivity index (χ2n) is 22.6. The molecule has 83 heavy (non-hydrogen) atoms. The molecule has 2 aromatic rings. The van der Waals surface area contributed by atoms with E-state index in [1.165, 1.54) is 48.1 Å². The third-order valence-electron chi connectivity index (χ3n) is 15.9. The van der Waals surface area contributed by atoms with Gasteiger partial charge < -0.3 is 55.7 Å². The van der Waals surface area contributed by atoms with Gasteiger partial charge >= 0.3 is 6.09 Å². The molecule has 0 saturated carbocycles. The van der Waals surface area contributed by atoms with Gasteiger partial charge in [-0.15, -0.1) is 0 Å². The van der Waals surface area contributed by atoms with Crippen LogP contribution in [0.15, 0.2) is 66.7 Å². The summed E-state index contributed by atoms with van der Waals surface area (Å²) in [6, 6.07) is 12.6. The molecule has 1 saturated heterocycles. The first kappa shape index (κ1) is 68.7. The number of carbonyl (C=O) groups excluding carboxylic acids is 9. The van der Waals surface area contributed by atoms with Crippen molar-refractivity contribution >= 4 is 59.0 Å². The van der Waals surface area contributed by atoms with Gasteiger partial charge in [0, 0.05) is 59.2 Å². The Morgan fingerprint density at radius 1 is 0.759 bits per heavy atom. The molecule has 2 heterocycles. The minimum atomic E-state index is -1.01. The third kappa shape index (κ3) is 20.2. The van der Waals surface area contributed by atoms with Gasteiger partial charge in [0.15, 0.2) is 0 Å². The van der Waals surface area contributed by atoms with Gasteiger partial charge in [0.1, 0.15) is 12.6 Å². The Morgan fingerprint density at radius 2 is 1.40 bits per heavy atom. The molecule has 2 aromatic carbocycles. The molecule has 22 nitrogen and oxygen atoms in total. The smallest absolute Gasteiger partial charge is 0.410 e. The fourth-order valence-corrected chi connectivity index (χ4v) is 10.8. The van der Waals surface area contributed by atoms with Gasteiger partial charge in [-0.05, 0) is 80.2 Å². The van der Waals surface area contributed by atoms with Crippen LogP contribution in [0, 0.1) is 23.7 Å². The Bertz CT molecular complexity index is 2480. The molecular formula is C61H93N9O13. The zero-order chi connectivity index (χ0) is 61.5. The minimum Gasteiger partial charge on any atom is -0.445 e. The summed E-state index contributed by atoms with van der Waals surface area (Å²) in [4.78, 5) is 124. The summed E-state index contributed by atoms with van der Waals surface area (Å²) in [5.41, 5.74) is 1.73. The van der Waals surface area contributed by atoms with Crippen molar-refractivity contribution in [1.82, 2.24) is 40.9 Å². The summed E-state index contributed by atoms with van der Waals surface area (Å²) in [7, 11) is 6.07. The number of hydrogen-bond acceptors (Lipinski definition) is 14. The van der Waals surface area contributed by atoms with Crippen LogP contribution < -0.4 is 26.6 Å². The molecule has 10 atom stereocenters. The molecular weight excluding hydrogens is 1070 g/mol. The number of anilines is 1. The zero-order valence-electron chi connectivity index (χ0n) is 50.8. The normalized spacial score (nSPS) is 17.5. The van der Waals surface area contributed by atoms with Crippen molar-refractivity contribution in [2.45, 2.75) is 162 Å². The van der Waals surface area contributed by atoms with Gasteiger partial charge in [-0.2, -0.15) is 0 Å². The third-order valence-corrected chi connectivity index (χ3v) is 15.9. The number of unbranched alkanes of at least 4 members (excludes halogenated alkanes) is 3. The molecule has 1 fully saturated rings. The summed E-state index contributed by atoms with van der Waals surface area (Å²) >= 11 is 0. The van der Waals surface area contributed by atoms with Crippen LogP contribution >= 0.6 is 0 Å². The van der Waals surface area contributed by atoms with E-state index in [1.54, 1.807) is 76.0 Å². The Morgan fingerprint density at radius 3 is 2.00 bits per heavy atom. The lowest BCUT2D eigenvalue weighted by Crippen LogP contribution is -2.56. The predicted octanol–water partition coefficient (Wildman–Crippen LogP) is 4.71. The van der Waals surface area contributed by atoms with Crippen molar-refractivity contribution in [1.29, 1.82) is 0 Å². The Kier molecular flexibility index (Phi) is 28.3. The van der Waals surface area contributed by atoms with Crippen LogP contribution in [0.4, 0.5) is 10.5 Å². The molecule has 0 radical (unpaired) electrons. The summed E-state index contributed by atoms with van der Waals surface area (Å²) in [6.07, 6.45) is 4.55. The molecule has 0 aromatic heterocycles. The van der Waals surface area contributed by atoms with Gasteiger partial charge in [0.05, 0.1) is 67.9 Å². The number of nitrogens with one attached hydrogen (secondary N) is 5. The first-order valence-electron chi connectivity index (χ1n) is 29.2. The highest BCUT2D eigenvalue weighted by molar-refractivity contribution is 6.12. The second kappa shape index (κ2) is 34.1. The van der Waals surface area contributed by atoms with Gasteiger partial charge in [-0.3, -0.25) is 48.2 Å². The summed E-state index contributed by atoms with van der Waals surface area (Å²) in [5, 5.41) is 25.3. The number of rotatable bonds is 34. The average Bonchev–Trinajstić information content (AvgIpc) is 4.32. The van der Waals surface area contributed by atoms with Crippen molar-refractivity contribution in [3.05, 3.63) is 77.9 Å². The van der Waals surface area contributed by atoms with E-state index in [4.69, 9.17) is 14.2 Å². The highest BCUT2D eigenvalue weighted by atomic mass is 16.6. The van der Waals surface area contributed by atoms with Gasteiger partial charge in [-0.1, -0.05) is 110 Å². The fourth-order valence-electron chi connectivity index (χ4n) is 10.8. The largest absolute Gasteiger partial charge is 0.445 e. The summed E-state index contributed by atoms with van der Waals surface area (Å²) < 4.78 is 17.5. The van der Waals surface area contributed by atoms with E-state index in [0.29, 0.717) is 62.1 Å². The molecule has 6 N–H and O–H groups in total. The number of ether oxygens (including phenoxy) is 3. The molecule has 2 aliphatic heterocycles. The number of nitrogens with zero attached hydrogens (tertiary/aromatic N) is 4. The molecule has 4 rings (SSSR count).